The number of aliphatic hydroxyl groups is 1. The number of hydrogen-bond acceptors (Lipinski definition) is 7. The zero-order valence-electron chi connectivity index (χ0n) is 15.5. The minimum atomic E-state index is -2.99. The number of nitrogens with two attached hydrogens (primary N) is 1. The van der Waals surface area contributed by atoms with Crippen molar-refractivity contribution in [3.63, 3.8) is 0 Å². The Balaban J connectivity index is 1.61. The van der Waals surface area contributed by atoms with Crippen LogP contribution in [0.15, 0.2) is 42.5 Å². The molecule has 3 N–H and O–H groups in total. The van der Waals surface area contributed by atoms with Crippen LogP contribution in [0.3, 0.4) is 0 Å². The molecule has 0 bridgehead atoms. The summed E-state index contributed by atoms with van der Waals surface area (Å²) in [5.41, 5.74) is 1.51. The fourth-order valence-electron chi connectivity index (χ4n) is 3.09. The molecule has 8 nitrogen and oxygen atoms in total. The molecule has 3 rings (SSSR count). The number of benzene rings is 2. The Morgan fingerprint density at radius 1 is 1.14 bits per heavy atom. The number of carbonyl (C=O) groups is 2. The molecule has 2 aromatic carbocycles. The van der Waals surface area contributed by atoms with Crippen molar-refractivity contribution in [3.05, 3.63) is 58.6 Å². The second kappa shape index (κ2) is 8.28. The number of quaternary nitrogens is 1. The van der Waals surface area contributed by atoms with E-state index in [0.717, 1.165) is 11.1 Å². The number of halogens is 1. The molecular formula is C20H19ClNO7-. The van der Waals surface area contributed by atoms with Crippen molar-refractivity contribution in [2.45, 2.75) is 31.3 Å². The molecule has 1 aliphatic heterocycles. The van der Waals surface area contributed by atoms with Gasteiger partial charge in [0, 0.05) is 11.4 Å². The summed E-state index contributed by atoms with van der Waals surface area (Å²) >= 11 is 5.94. The van der Waals surface area contributed by atoms with E-state index in [-0.39, 0.29) is 17.5 Å². The Kier molecular flexibility index (Phi) is 5.97. The molecule has 0 aromatic heterocycles. The van der Waals surface area contributed by atoms with Crippen LogP contribution in [0.1, 0.15) is 24.2 Å². The molecule has 0 radical (unpaired) electrons. The maximum atomic E-state index is 11.2. The maximum Gasteiger partial charge on any atom is 0.335 e. The largest absolute Gasteiger partial charge is 0.542 e. The predicted molar refractivity (Wildman–Crippen MR) is 96.8 cm³/mol. The zero-order valence-corrected chi connectivity index (χ0v) is 16.2. The Morgan fingerprint density at radius 3 is 2.48 bits per heavy atom. The summed E-state index contributed by atoms with van der Waals surface area (Å²) in [4.78, 5) is 22.3. The number of carbonyl (C=O) groups excluding carboxylic acids is 2. The standard InChI is InChI=1S/C20H20ClNO7/c1-11(22-10-15(23)13-3-2-4-14(21)9-13)7-12-5-6-16-17(8-12)29-20(28-16,18(24)25)19(26)27/h2-6,8-9,11,15,22-23H,7,10H2,1H3,(H,24,25)(H,26,27)/p-1/t11-,15+/m1/s1. The Labute approximate surface area is 171 Å². The second-order valence-electron chi connectivity index (χ2n) is 6.90. The van der Waals surface area contributed by atoms with Gasteiger partial charge in [0.25, 0.3) is 0 Å². The van der Waals surface area contributed by atoms with Gasteiger partial charge in [0.05, 0.1) is 6.04 Å². The van der Waals surface area contributed by atoms with Crippen molar-refractivity contribution in [1.82, 2.24) is 0 Å². The zero-order chi connectivity index (χ0) is 21.2. The highest BCUT2D eigenvalue weighted by Gasteiger charge is 2.45. The van der Waals surface area contributed by atoms with Gasteiger partial charge in [0.2, 0.25) is 0 Å². The fourth-order valence-corrected chi connectivity index (χ4v) is 3.29. The van der Waals surface area contributed by atoms with Crippen LogP contribution in [0, 0.1) is 0 Å². The number of aliphatic carboxylic acids is 2. The number of ether oxygens (including phenoxy) is 2. The topological polar surface area (TPSA) is 136 Å². The van der Waals surface area contributed by atoms with Gasteiger partial charge >= 0.3 is 5.79 Å². The van der Waals surface area contributed by atoms with E-state index in [2.05, 4.69) is 0 Å². The normalized spacial score (nSPS) is 16.2. The van der Waals surface area contributed by atoms with Crippen molar-refractivity contribution in [2.75, 3.05) is 6.54 Å². The third-order valence-corrected chi connectivity index (χ3v) is 4.84. The van der Waals surface area contributed by atoms with Gasteiger partial charge < -0.3 is 39.7 Å². The van der Waals surface area contributed by atoms with Gasteiger partial charge in [-0.05, 0) is 42.3 Å². The van der Waals surface area contributed by atoms with Gasteiger partial charge in [-0.3, -0.25) is 0 Å². The van der Waals surface area contributed by atoms with E-state index in [9.17, 15) is 24.9 Å². The lowest BCUT2D eigenvalue weighted by Gasteiger charge is -2.28. The number of aliphatic hydroxyl groups excluding tert-OH is 1. The molecule has 29 heavy (non-hydrogen) atoms. The Morgan fingerprint density at radius 2 is 1.83 bits per heavy atom. The quantitative estimate of drug-likeness (QED) is 0.498. The SMILES string of the molecule is C[C@H](Cc1ccc2c(c1)OC(C(=O)[O-])(C(=O)[O-])O2)[NH2+]C[C@H](O)c1cccc(Cl)c1. The molecular weight excluding hydrogens is 402 g/mol. The summed E-state index contributed by atoms with van der Waals surface area (Å²) in [5, 5.41) is 35.1. The Bertz CT molecular complexity index is 919. The molecule has 154 valence electrons. The van der Waals surface area contributed by atoms with Crippen molar-refractivity contribution in [2.24, 2.45) is 0 Å². The van der Waals surface area contributed by atoms with E-state index in [4.69, 9.17) is 21.1 Å². The third-order valence-electron chi connectivity index (χ3n) is 4.61. The van der Waals surface area contributed by atoms with E-state index in [0.29, 0.717) is 18.0 Å². The molecule has 2 aromatic rings. The first kappa shape index (κ1) is 20.9. The number of fused-ring (bicyclic) bond motifs is 1. The summed E-state index contributed by atoms with van der Waals surface area (Å²) in [6.07, 6.45) is -0.123. The highest BCUT2D eigenvalue weighted by Crippen LogP contribution is 2.39. The highest BCUT2D eigenvalue weighted by molar-refractivity contribution is 6.30. The van der Waals surface area contributed by atoms with E-state index in [1.165, 1.54) is 12.1 Å². The average Bonchev–Trinajstić information content (AvgIpc) is 3.06. The Hall–Kier alpha value is -2.81. The molecule has 0 spiro atoms. The van der Waals surface area contributed by atoms with Crippen LogP contribution in [0.5, 0.6) is 11.5 Å². The lowest BCUT2D eigenvalue weighted by atomic mass is 10.1. The number of hydrogen-bond donors (Lipinski definition) is 2. The lowest BCUT2D eigenvalue weighted by Crippen LogP contribution is -2.90. The maximum absolute atomic E-state index is 11.2. The van der Waals surface area contributed by atoms with Gasteiger partial charge in [0.15, 0.2) is 11.5 Å². The molecule has 0 aliphatic carbocycles. The molecule has 0 unspecified atom stereocenters. The van der Waals surface area contributed by atoms with Crippen LogP contribution < -0.4 is 25.0 Å². The fraction of sp³-hybridized carbons (Fsp3) is 0.300. The van der Waals surface area contributed by atoms with Crippen LogP contribution >= 0.6 is 11.6 Å². The highest BCUT2D eigenvalue weighted by atomic mass is 35.5. The van der Waals surface area contributed by atoms with Gasteiger partial charge in [-0.1, -0.05) is 29.8 Å². The van der Waals surface area contributed by atoms with Gasteiger partial charge in [-0.25, -0.2) is 0 Å². The summed E-state index contributed by atoms with van der Waals surface area (Å²) < 4.78 is 9.91. The molecule has 1 aliphatic rings. The number of carboxylic acids is 2. The number of carboxylic acid groups (broad SMARTS) is 2. The van der Waals surface area contributed by atoms with E-state index in [1.807, 2.05) is 12.2 Å². The van der Waals surface area contributed by atoms with E-state index in [1.54, 1.807) is 30.3 Å². The first-order chi connectivity index (χ1) is 13.7. The van der Waals surface area contributed by atoms with E-state index < -0.39 is 23.8 Å². The van der Waals surface area contributed by atoms with Crippen LogP contribution in [0.4, 0.5) is 0 Å². The van der Waals surface area contributed by atoms with Crippen molar-refractivity contribution in [3.8, 4) is 11.5 Å². The van der Waals surface area contributed by atoms with E-state index >= 15 is 0 Å². The molecule has 9 heteroatoms. The third kappa shape index (κ3) is 4.45. The summed E-state index contributed by atoms with van der Waals surface area (Å²) in [5.74, 6) is -7.11. The number of rotatable bonds is 8. The van der Waals surface area contributed by atoms with Crippen molar-refractivity contribution < 1.29 is 39.7 Å². The van der Waals surface area contributed by atoms with Crippen LogP contribution in [0.25, 0.3) is 0 Å². The predicted octanol–water partition coefficient (Wildman–Crippen LogP) is -1.46. The first-order valence-corrected chi connectivity index (χ1v) is 9.30. The molecule has 0 fully saturated rings. The summed E-state index contributed by atoms with van der Waals surface area (Å²) in [7, 11) is 0. The monoisotopic (exact) mass is 420 g/mol. The van der Waals surface area contributed by atoms with Crippen molar-refractivity contribution >= 4 is 23.5 Å². The van der Waals surface area contributed by atoms with Gasteiger partial charge in [0.1, 0.15) is 24.6 Å². The first-order valence-electron chi connectivity index (χ1n) is 8.92. The second-order valence-corrected chi connectivity index (χ2v) is 7.34. The molecule has 1 heterocycles. The molecule has 0 saturated carbocycles. The van der Waals surface area contributed by atoms with Crippen molar-refractivity contribution in [1.29, 1.82) is 0 Å². The lowest BCUT2D eigenvalue weighted by molar-refractivity contribution is -0.692. The summed E-state index contributed by atoms with van der Waals surface area (Å²) in [6.45, 7) is 2.38. The van der Waals surface area contributed by atoms with Gasteiger partial charge in [-0.15, -0.1) is 0 Å². The van der Waals surface area contributed by atoms with Crippen LogP contribution in [-0.2, 0) is 16.0 Å². The average molecular weight is 421 g/mol. The molecule has 0 saturated heterocycles. The van der Waals surface area contributed by atoms with Crippen LogP contribution in [0.2, 0.25) is 5.02 Å². The minimum absolute atomic E-state index is 0.0120. The summed E-state index contributed by atoms with van der Waals surface area (Å²) in [6, 6.07) is 11.7. The molecule has 2 atom stereocenters. The molecule has 0 amide bonds. The minimum Gasteiger partial charge on any atom is -0.542 e. The van der Waals surface area contributed by atoms with Crippen LogP contribution in [-0.4, -0.2) is 35.4 Å². The van der Waals surface area contributed by atoms with Gasteiger partial charge in [-0.2, -0.15) is 0 Å². The smallest absolute Gasteiger partial charge is 0.335 e.